The molecule has 1 unspecified atom stereocenters. The Balaban J connectivity index is 1.09. The van der Waals surface area contributed by atoms with Gasteiger partial charge < -0.3 is 39.4 Å². The van der Waals surface area contributed by atoms with Crippen LogP contribution in [0, 0.1) is 17.3 Å². The van der Waals surface area contributed by atoms with Crippen LogP contribution in [0.2, 0.25) is 0 Å². The smallest absolute Gasteiger partial charge is 0.300 e. The van der Waals surface area contributed by atoms with E-state index in [0.29, 0.717) is 58.7 Å². The number of piperazine rings is 1. The van der Waals surface area contributed by atoms with Crippen molar-refractivity contribution in [3.8, 4) is 23.1 Å². The van der Waals surface area contributed by atoms with E-state index in [-0.39, 0.29) is 35.3 Å². The maximum absolute atomic E-state index is 14.0. The zero-order chi connectivity index (χ0) is 38.6. The lowest BCUT2D eigenvalue weighted by molar-refractivity contribution is -0.111. The summed E-state index contributed by atoms with van der Waals surface area (Å²) in [6.07, 6.45) is 3.53. The predicted octanol–water partition coefficient (Wildman–Crippen LogP) is 4.14. The molecule has 13 nitrogen and oxygen atoms in total. The minimum Gasteiger partial charge on any atom is -0.392 e. The number of nitrogens with one attached hydrogen (secondary N) is 2. The molecule has 55 heavy (non-hydrogen) atoms. The summed E-state index contributed by atoms with van der Waals surface area (Å²) in [6, 6.07) is 13.8. The van der Waals surface area contributed by atoms with E-state index in [1.54, 1.807) is 31.1 Å². The molecule has 2 aromatic heterocycles. The van der Waals surface area contributed by atoms with Gasteiger partial charge in [-0.15, -0.1) is 0 Å². The zero-order valence-electron chi connectivity index (χ0n) is 32.1. The number of fused-ring (bicyclic) bond motifs is 3. The number of aryl methyl sites for hydroxylation is 1. The van der Waals surface area contributed by atoms with Crippen LogP contribution >= 0.6 is 0 Å². The zero-order valence-corrected chi connectivity index (χ0v) is 32.1. The number of aliphatic hydroxyl groups excluding tert-OH is 1. The van der Waals surface area contributed by atoms with Crippen molar-refractivity contribution in [2.45, 2.75) is 65.8 Å². The maximum Gasteiger partial charge on any atom is 0.300 e. The van der Waals surface area contributed by atoms with Gasteiger partial charge in [0.1, 0.15) is 5.69 Å². The topological polar surface area (TPSA) is 137 Å². The fourth-order valence-corrected chi connectivity index (χ4v) is 8.67. The highest BCUT2D eigenvalue weighted by atomic mass is 16.5. The molecule has 0 radical (unpaired) electrons. The van der Waals surface area contributed by atoms with Gasteiger partial charge in [0, 0.05) is 74.5 Å². The summed E-state index contributed by atoms with van der Waals surface area (Å²) in [5.74, 6) is 4.78. The van der Waals surface area contributed by atoms with Crippen molar-refractivity contribution in [2.75, 3.05) is 59.8 Å². The Labute approximate surface area is 320 Å². The van der Waals surface area contributed by atoms with Gasteiger partial charge in [0.05, 0.1) is 48.6 Å². The molecule has 4 aliphatic rings. The Morgan fingerprint density at radius 3 is 2.60 bits per heavy atom. The number of nitrogens with zero attached hydrogens (tertiary/aromatic N) is 6. The van der Waals surface area contributed by atoms with E-state index in [2.05, 4.69) is 57.6 Å². The first-order valence-electron chi connectivity index (χ1n) is 19.0. The summed E-state index contributed by atoms with van der Waals surface area (Å²) in [4.78, 5) is 51.6. The molecule has 2 saturated heterocycles. The summed E-state index contributed by atoms with van der Waals surface area (Å²) in [5.41, 5.74) is 7.22. The third-order valence-corrected chi connectivity index (χ3v) is 11.4. The van der Waals surface area contributed by atoms with Gasteiger partial charge in [-0.25, -0.2) is 4.98 Å². The van der Waals surface area contributed by atoms with Crippen LogP contribution in [0.5, 0.6) is 0 Å². The second kappa shape index (κ2) is 14.3. The van der Waals surface area contributed by atoms with Crippen molar-refractivity contribution in [1.82, 2.24) is 19.0 Å². The molecule has 3 N–H and O–H groups in total. The van der Waals surface area contributed by atoms with E-state index in [4.69, 9.17) is 9.72 Å². The SMILES string of the molecule is CC#CC(=O)Nc1cc(Nc2nc(-c3cccc(N4CCn5c(cc6c5CC(C)(C)C6)C4=O)c3CO)cn(C)c2=O)ccc1N1CCN(C2COC2)CC1C. The van der Waals surface area contributed by atoms with Crippen molar-refractivity contribution >= 4 is 40.4 Å². The Bertz CT molecular complexity index is 2310. The number of benzene rings is 2. The van der Waals surface area contributed by atoms with Crippen molar-refractivity contribution in [2.24, 2.45) is 12.5 Å². The lowest BCUT2D eigenvalue weighted by Crippen LogP contribution is -2.59. The fraction of sp³-hybridized carbons (Fsp3) is 0.429. The van der Waals surface area contributed by atoms with E-state index in [1.807, 2.05) is 36.4 Å². The van der Waals surface area contributed by atoms with Gasteiger partial charge >= 0.3 is 0 Å². The molecular weight excluding hydrogens is 697 g/mol. The van der Waals surface area contributed by atoms with Crippen molar-refractivity contribution in [1.29, 1.82) is 0 Å². The van der Waals surface area contributed by atoms with Crippen LogP contribution in [0.3, 0.4) is 0 Å². The number of aliphatic hydroxyl groups is 1. The van der Waals surface area contributed by atoms with Crippen molar-refractivity contribution in [3.63, 3.8) is 0 Å². The van der Waals surface area contributed by atoms with Crippen molar-refractivity contribution in [3.05, 3.63) is 81.5 Å². The Kier molecular flexibility index (Phi) is 9.53. The minimum atomic E-state index is -0.431. The molecule has 8 rings (SSSR count). The second-order valence-corrected chi connectivity index (χ2v) is 15.9. The molecule has 0 saturated carbocycles. The second-order valence-electron chi connectivity index (χ2n) is 15.9. The van der Waals surface area contributed by atoms with Crippen LogP contribution in [0.1, 0.15) is 55.0 Å². The molecule has 1 atom stereocenters. The standard InChI is InChI=1S/C42H48N8O5/c1-6-8-38(52)44-32-18-28(11-12-35(32)48-14-13-47(21-26(48)2)29-24-55-25-29)43-39-41(54)46(5)22-33(45-39)30-9-7-10-34(31(30)23-51)50-16-15-49-36(40(50)53)17-27-19-42(3,4)20-37(27)49/h7,9-12,17-18,22,26,29,51H,13-16,19-21,23-25H2,1-5H3,(H,43,45)(H,44,52). The average molecular weight is 745 g/mol. The number of amides is 2. The molecule has 3 aliphatic heterocycles. The number of hydrogen-bond acceptors (Lipinski definition) is 9. The van der Waals surface area contributed by atoms with E-state index in [9.17, 15) is 19.5 Å². The van der Waals surface area contributed by atoms with Crippen LogP contribution in [-0.4, -0.2) is 87.4 Å². The molecule has 2 amide bonds. The van der Waals surface area contributed by atoms with Gasteiger partial charge in [0.15, 0.2) is 5.82 Å². The van der Waals surface area contributed by atoms with E-state index in [1.165, 1.54) is 15.8 Å². The number of anilines is 5. The molecule has 4 aromatic rings. The number of aromatic nitrogens is 3. The van der Waals surface area contributed by atoms with Crippen LogP contribution in [-0.2, 0) is 42.6 Å². The Hall–Kier alpha value is -5.42. The van der Waals surface area contributed by atoms with Crippen LogP contribution < -0.4 is 26.0 Å². The summed E-state index contributed by atoms with van der Waals surface area (Å²) >= 11 is 0. The van der Waals surface area contributed by atoms with E-state index in [0.717, 1.165) is 51.4 Å². The summed E-state index contributed by atoms with van der Waals surface area (Å²) in [7, 11) is 1.65. The van der Waals surface area contributed by atoms with Gasteiger partial charge in [-0.3, -0.25) is 19.3 Å². The summed E-state index contributed by atoms with van der Waals surface area (Å²) in [6.45, 7) is 13.2. The molecule has 2 fully saturated rings. The van der Waals surface area contributed by atoms with Gasteiger partial charge in [-0.2, -0.15) is 0 Å². The van der Waals surface area contributed by atoms with Crippen LogP contribution in [0.25, 0.3) is 11.3 Å². The Morgan fingerprint density at radius 2 is 1.87 bits per heavy atom. The molecule has 0 bridgehead atoms. The molecule has 0 spiro atoms. The van der Waals surface area contributed by atoms with E-state index < -0.39 is 5.91 Å². The third-order valence-electron chi connectivity index (χ3n) is 11.4. The first-order valence-corrected chi connectivity index (χ1v) is 19.0. The number of carbonyl (C=O) groups excluding carboxylic acids is 2. The van der Waals surface area contributed by atoms with Crippen LogP contribution in [0.15, 0.2) is 53.5 Å². The molecule has 5 heterocycles. The van der Waals surface area contributed by atoms with Crippen LogP contribution in [0.4, 0.5) is 28.6 Å². The third kappa shape index (κ3) is 6.79. The fourth-order valence-electron chi connectivity index (χ4n) is 8.67. The minimum absolute atomic E-state index is 0.0710. The normalized spacial score (nSPS) is 19.3. The molecule has 1 aliphatic carbocycles. The average Bonchev–Trinajstić information content (AvgIpc) is 3.62. The monoisotopic (exact) mass is 744 g/mol. The lowest BCUT2D eigenvalue weighted by Gasteiger charge is -2.46. The van der Waals surface area contributed by atoms with E-state index >= 15 is 0 Å². The summed E-state index contributed by atoms with van der Waals surface area (Å²) in [5, 5.41) is 17.0. The van der Waals surface area contributed by atoms with Crippen molar-refractivity contribution < 1.29 is 19.4 Å². The number of carbonyl (C=O) groups is 2. The highest BCUT2D eigenvalue weighted by Crippen LogP contribution is 2.41. The lowest BCUT2D eigenvalue weighted by atomic mass is 9.90. The highest BCUT2D eigenvalue weighted by molar-refractivity contribution is 6.07. The quantitative estimate of drug-likeness (QED) is 0.228. The predicted molar refractivity (Wildman–Crippen MR) is 213 cm³/mol. The van der Waals surface area contributed by atoms with Gasteiger partial charge in [-0.05, 0) is 73.9 Å². The summed E-state index contributed by atoms with van der Waals surface area (Å²) < 4.78 is 9.04. The molecule has 13 heteroatoms. The maximum atomic E-state index is 14.0. The van der Waals surface area contributed by atoms with Gasteiger partial charge in [0.25, 0.3) is 17.4 Å². The first kappa shape index (κ1) is 36.6. The molecule has 286 valence electrons. The van der Waals surface area contributed by atoms with Gasteiger partial charge in [-0.1, -0.05) is 31.9 Å². The Morgan fingerprint density at radius 1 is 1.05 bits per heavy atom. The number of rotatable bonds is 8. The molecule has 2 aromatic carbocycles. The number of ether oxygens (including phenoxy) is 1. The highest BCUT2D eigenvalue weighted by Gasteiger charge is 2.37. The molecular formula is C42H48N8O5. The number of hydrogen-bond donors (Lipinski definition) is 3. The largest absolute Gasteiger partial charge is 0.392 e. The first-order chi connectivity index (χ1) is 26.4. The van der Waals surface area contributed by atoms with Gasteiger partial charge in [0.2, 0.25) is 0 Å².